The number of halogens is 1. The third-order valence-electron chi connectivity index (χ3n) is 3.29. The molecule has 1 unspecified atom stereocenters. The first-order valence-corrected chi connectivity index (χ1v) is 6.48. The van der Waals surface area contributed by atoms with Crippen LogP contribution in [0.3, 0.4) is 0 Å². The van der Waals surface area contributed by atoms with Crippen LogP contribution in [0.5, 0.6) is 0 Å². The molecule has 1 atom stereocenters. The van der Waals surface area contributed by atoms with E-state index in [1.807, 2.05) is 44.3 Å². The number of para-hydroxylation sites is 1. The van der Waals surface area contributed by atoms with Crippen molar-refractivity contribution in [3.63, 3.8) is 0 Å². The Morgan fingerprint density at radius 3 is 2.70 bits per heavy atom. The average Bonchev–Trinajstić information content (AvgIpc) is 2.85. The molecule has 4 heteroatoms. The van der Waals surface area contributed by atoms with E-state index in [0.29, 0.717) is 5.76 Å². The summed E-state index contributed by atoms with van der Waals surface area (Å²) in [4.78, 5) is 4.50. The van der Waals surface area contributed by atoms with Crippen LogP contribution < -0.4 is 5.32 Å². The molecule has 0 amide bonds. The minimum absolute atomic E-state index is 0.193. The second-order valence-corrected chi connectivity index (χ2v) is 4.73. The van der Waals surface area contributed by atoms with Crippen LogP contribution in [0.4, 0.5) is 4.39 Å². The first kappa shape index (κ1) is 12.8. The maximum absolute atomic E-state index is 13.7. The maximum Gasteiger partial charge on any atom is 0.169 e. The van der Waals surface area contributed by atoms with Crippen LogP contribution in [0.15, 0.2) is 46.9 Å². The molecule has 0 aliphatic rings. The van der Waals surface area contributed by atoms with Crippen molar-refractivity contribution in [2.24, 2.45) is 0 Å². The van der Waals surface area contributed by atoms with E-state index in [1.54, 1.807) is 6.07 Å². The van der Waals surface area contributed by atoms with Crippen LogP contribution >= 0.6 is 0 Å². The Labute approximate surface area is 116 Å². The van der Waals surface area contributed by atoms with Gasteiger partial charge in [-0.15, -0.1) is 0 Å². The van der Waals surface area contributed by atoms with Gasteiger partial charge >= 0.3 is 0 Å². The minimum atomic E-state index is -0.346. The molecule has 0 aliphatic heterocycles. The summed E-state index contributed by atoms with van der Waals surface area (Å²) in [5.41, 5.74) is 2.08. The molecule has 0 bridgehead atoms. The highest BCUT2D eigenvalue weighted by atomic mass is 19.1. The molecule has 20 heavy (non-hydrogen) atoms. The Kier molecular flexibility index (Phi) is 3.24. The summed E-state index contributed by atoms with van der Waals surface area (Å²) >= 11 is 0. The van der Waals surface area contributed by atoms with Crippen LogP contribution in [-0.2, 0) is 0 Å². The summed E-state index contributed by atoms with van der Waals surface area (Å²) in [6.45, 7) is 1.94. The van der Waals surface area contributed by atoms with Gasteiger partial charge in [-0.1, -0.05) is 18.2 Å². The van der Waals surface area contributed by atoms with Gasteiger partial charge in [-0.05, 0) is 38.2 Å². The molecule has 0 radical (unpaired) electrons. The topological polar surface area (TPSA) is 38.1 Å². The Morgan fingerprint density at radius 2 is 2.00 bits per heavy atom. The van der Waals surface area contributed by atoms with Gasteiger partial charge in [0, 0.05) is 11.1 Å². The lowest BCUT2D eigenvalue weighted by atomic mass is 10.1. The number of hydrogen-bond donors (Lipinski definition) is 1. The van der Waals surface area contributed by atoms with Gasteiger partial charge in [-0.3, -0.25) is 4.98 Å². The molecule has 1 N–H and O–H groups in total. The highest BCUT2D eigenvalue weighted by Crippen LogP contribution is 2.28. The Morgan fingerprint density at radius 1 is 1.20 bits per heavy atom. The Balaban J connectivity index is 2.09. The van der Waals surface area contributed by atoms with Gasteiger partial charge < -0.3 is 9.73 Å². The number of nitrogens with zero attached hydrogens (tertiary/aromatic N) is 1. The summed E-state index contributed by atoms with van der Waals surface area (Å²) in [5, 5.41) is 3.92. The van der Waals surface area contributed by atoms with Crippen LogP contribution in [0, 0.1) is 12.7 Å². The van der Waals surface area contributed by atoms with Crippen molar-refractivity contribution in [1.29, 1.82) is 0 Å². The van der Waals surface area contributed by atoms with Crippen molar-refractivity contribution in [2.45, 2.75) is 13.0 Å². The quantitative estimate of drug-likeness (QED) is 0.790. The first-order valence-electron chi connectivity index (χ1n) is 6.48. The monoisotopic (exact) mass is 270 g/mol. The van der Waals surface area contributed by atoms with Gasteiger partial charge in [0.25, 0.3) is 0 Å². The predicted molar refractivity (Wildman–Crippen MR) is 76.0 cm³/mol. The minimum Gasteiger partial charge on any atom is -0.456 e. The van der Waals surface area contributed by atoms with E-state index in [9.17, 15) is 4.39 Å². The van der Waals surface area contributed by atoms with Crippen LogP contribution in [0.2, 0.25) is 0 Å². The van der Waals surface area contributed by atoms with E-state index in [1.165, 1.54) is 6.07 Å². The van der Waals surface area contributed by atoms with E-state index in [4.69, 9.17) is 4.42 Å². The fourth-order valence-electron chi connectivity index (χ4n) is 2.35. The molecular weight excluding hydrogens is 255 g/mol. The largest absolute Gasteiger partial charge is 0.456 e. The maximum atomic E-state index is 13.7. The SMILES string of the molecule is CNC(c1cccc(C)n1)c1cc2cccc(F)c2o1. The van der Waals surface area contributed by atoms with Crippen LogP contribution in [-0.4, -0.2) is 12.0 Å². The highest BCUT2D eigenvalue weighted by Gasteiger charge is 2.19. The fraction of sp³-hybridized carbons (Fsp3) is 0.188. The van der Waals surface area contributed by atoms with Gasteiger partial charge in [0.15, 0.2) is 11.4 Å². The summed E-state index contributed by atoms with van der Waals surface area (Å²) in [7, 11) is 1.83. The van der Waals surface area contributed by atoms with E-state index in [0.717, 1.165) is 16.8 Å². The first-order chi connectivity index (χ1) is 9.69. The second kappa shape index (κ2) is 5.06. The molecule has 3 rings (SSSR count). The molecule has 2 aromatic heterocycles. The lowest BCUT2D eigenvalue weighted by Gasteiger charge is -2.13. The number of pyridine rings is 1. The average molecular weight is 270 g/mol. The zero-order valence-electron chi connectivity index (χ0n) is 11.4. The van der Waals surface area contributed by atoms with Crippen molar-refractivity contribution in [2.75, 3.05) is 7.05 Å². The predicted octanol–water partition coefficient (Wildman–Crippen LogP) is 3.58. The van der Waals surface area contributed by atoms with E-state index in [-0.39, 0.29) is 17.4 Å². The standard InChI is InChI=1S/C16H15FN2O/c1-10-5-3-8-13(19-10)15(18-2)14-9-11-6-4-7-12(17)16(11)20-14/h3-9,15,18H,1-2H3. The van der Waals surface area contributed by atoms with Crippen molar-refractivity contribution in [1.82, 2.24) is 10.3 Å². The van der Waals surface area contributed by atoms with Gasteiger partial charge in [-0.2, -0.15) is 0 Å². The highest BCUT2D eigenvalue weighted by molar-refractivity contribution is 5.78. The molecule has 3 nitrogen and oxygen atoms in total. The number of aryl methyl sites for hydroxylation is 1. The van der Waals surface area contributed by atoms with Crippen molar-refractivity contribution in [3.8, 4) is 0 Å². The number of aromatic nitrogens is 1. The van der Waals surface area contributed by atoms with Crippen molar-refractivity contribution < 1.29 is 8.81 Å². The van der Waals surface area contributed by atoms with E-state index < -0.39 is 0 Å². The van der Waals surface area contributed by atoms with Gasteiger partial charge in [0.2, 0.25) is 0 Å². The summed E-state index contributed by atoms with van der Waals surface area (Å²) in [5.74, 6) is 0.312. The lowest BCUT2D eigenvalue weighted by molar-refractivity contribution is 0.471. The molecule has 1 aromatic carbocycles. The third-order valence-corrected chi connectivity index (χ3v) is 3.29. The van der Waals surface area contributed by atoms with E-state index >= 15 is 0 Å². The Bertz CT molecular complexity index is 751. The number of hydrogen-bond acceptors (Lipinski definition) is 3. The number of rotatable bonds is 3. The van der Waals surface area contributed by atoms with Crippen LogP contribution in [0.25, 0.3) is 11.0 Å². The summed E-state index contributed by atoms with van der Waals surface area (Å²) in [6, 6.07) is 12.4. The van der Waals surface area contributed by atoms with Crippen molar-refractivity contribution >= 4 is 11.0 Å². The molecule has 0 fully saturated rings. The fourth-order valence-corrected chi connectivity index (χ4v) is 2.35. The van der Waals surface area contributed by atoms with Crippen molar-refractivity contribution in [3.05, 3.63) is 65.4 Å². The molecule has 0 aliphatic carbocycles. The lowest BCUT2D eigenvalue weighted by Crippen LogP contribution is -2.18. The smallest absolute Gasteiger partial charge is 0.169 e. The Hall–Kier alpha value is -2.20. The number of fused-ring (bicyclic) bond motifs is 1. The number of furan rings is 1. The van der Waals surface area contributed by atoms with Crippen LogP contribution in [0.1, 0.15) is 23.2 Å². The second-order valence-electron chi connectivity index (χ2n) is 4.73. The molecule has 0 saturated heterocycles. The third kappa shape index (κ3) is 2.18. The number of nitrogens with one attached hydrogen (secondary N) is 1. The zero-order valence-corrected chi connectivity index (χ0v) is 11.4. The van der Waals surface area contributed by atoms with Gasteiger partial charge in [0.1, 0.15) is 11.8 Å². The zero-order chi connectivity index (χ0) is 14.1. The molecule has 0 spiro atoms. The molecule has 102 valence electrons. The van der Waals surface area contributed by atoms with Gasteiger partial charge in [0.05, 0.1) is 5.69 Å². The summed E-state index contributed by atoms with van der Waals surface area (Å²) < 4.78 is 19.4. The normalized spacial score (nSPS) is 12.8. The molecule has 0 saturated carbocycles. The molecule has 3 aromatic rings. The molecule has 2 heterocycles. The number of benzene rings is 1. The molecular formula is C16H15FN2O. The van der Waals surface area contributed by atoms with Gasteiger partial charge in [-0.25, -0.2) is 4.39 Å². The summed E-state index contributed by atoms with van der Waals surface area (Å²) in [6.07, 6.45) is 0. The van der Waals surface area contributed by atoms with E-state index in [2.05, 4.69) is 10.3 Å².